The second kappa shape index (κ2) is 16.9. The molecule has 15 heteroatoms. The highest BCUT2D eigenvalue weighted by Crippen LogP contribution is 2.39. The molecule has 2 fully saturated rings. The third-order valence-corrected chi connectivity index (χ3v) is 13.5. The van der Waals surface area contributed by atoms with Crippen molar-refractivity contribution in [1.29, 1.82) is 0 Å². The van der Waals surface area contributed by atoms with Crippen LogP contribution in [0.15, 0.2) is 60.7 Å². The Balaban J connectivity index is 1.06. The molecule has 0 radical (unpaired) electrons. The second-order valence-electron chi connectivity index (χ2n) is 17.0. The Morgan fingerprint density at radius 3 is 1.90 bits per heavy atom. The number of hydrogen-bond donors (Lipinski definition) is 3. The highest BCUT2D eigenvalue weighted by molar-refractivity contribution is 7.99. The topological polar surface area (TPSA) is 166 Å². The highest BCUT2D eigenvalue weighted by Gasteiger charge is 2.42. The van der Waals surface area contributed by atoms with Crippen molar-refractivity contribution in [3.8, 4) is 11.1 Å². The van der Waals surface area contributed by atoms with E-state index in [-0.39, 0.29) is 41.0 Å². The number of likely N-dealkylation sites (N-methyl/N-ethyl adjacent to an activating group) is 1. The number of ether oxygens (including phenoxy) is 2. The summed E-state index contributed by atoms with van der Waals surface area (Å²) in [4.78, 5) is 74.9. The van der Waals surface area contributed by atoms with Gasteiger partial charge in [-0.1, -0.05) is 64.1 Å². The van der Waals surface area contributed by atoms with Crippen molar-refractivity contribution in [2.75, 3.05) is 40.6 Å². The van der Waals surface area contributed by atoms with Gasteiger partial charge in [-0.25, -0.2) is 19.6 Å². The van der Waals surface area contributed by atoms with Crippen LogP contribution in [0.1, 0.15) is 70.7 Å². The molecule has 4 amide bonds. The number of imidazole rings is 2. The first-order chi connectivity index (χ1) is 29.3. The molecule has 14 nitrogen and oxygen atoms in total. The molecule has 2 saturated heterocycles. The summed E-state index contributed by atoms with van der Waals surface area (Å²) in [5.74, 6) is 1.00. The molecule has 6 aromatic rings. The maximum absolute atomic E-state index is 14.0. The lowest BCUT2D eigenvalue weighted by atomic mass is 9.98. The zero-order chi connectivity index (χ0) is 43.3. The van der Waals surface area contributed by atoms with E-state index in [2.05, 4.69) is 70.1 Å². The van der Waals surface area contributed by atoms with Gasteiger partial charge in [-0.15, -0.1) is 0 Å². The molecule has 0 aliphatic carbocycles. The second-order valence-corrected chi connectivity index (χ2v) is 18.1. The van der Waals surface area contributed by atoms with E-state index in [1.807, 2.05) is 49.6 Å². The molecule has 0 bridgehead atoms. The van der Waals surface area contributed by atoms with Gasteiger partial charge < -0.3 is 34.6 Å². The summed E-state index contributed by atoms with van der Waals surface area (Å²) >= 11 is 1.73. The third-order valence-electron chi connectivity index (χ3n) is 12.5. The number of aromatic nitrogens is 4. The minimum Gasteiger partial charge on any atom is -0.453 e. The number of H-pyrrole nitrogens is 2. The van der Waals surface area contributed by atoms with Crippen LogP contribution >= 0.6 is 11.8 Å². The lowest BCUT2D eigenvalue weighted by Gasteiger charge is -2.34. The van der Waals surface area contributed by atoms with Gasteiger partial charge in [0, 0.05) is 36.2 Å². The normalized spacial score (nSPS) is 19.1. The average Bonchev–Trinajstić information content (AvgIpc) is 4.09. The summed E-state index contributed by atoms with van der Waals surface area (Å²) in [6, 6.07) is 19.3. The fourth-order valence-electron chi connectivity index (χ4n) is 9.31. The van der Waals surface area contributed by atoms with Crippen LogP contribution in [0.5, 0.6) is 0 Å². The Bertz CT molecular complexity index is 2660. The average molecular weight is 847 g/mol. The number of thioether (sulfide) groups is 1. The SMILES string of the molecule is COC(=O)N[C@H](C(=O)N1C[C@@H](SC)CC1c1nc2c(ccc3cc(-c4ccc5c(ccc6[nH]c([C@@H]7CCCN7C(=O)[C@H](C(C)C)N(C)C(=O)OC)nc65)c4)ccc32)[nH]1)C(C)C. The Kier molecular flexibility index (Phi) is 11.6. The molecule has 4 heterocycles. The zero-order valence-corrected chi connectivity index (χ0v) is 36.8. The number of aromatic amines is 2. The summed E-state index contributed by atoms with van der Waals surface area (Å²) in [6.07, 6.45) is 3.27. The van der Waals surface area contributed by atoms with Gasteiger partial charge >= 0.3 is 12.2 Å². The van der Waals surface area contributed by atoms with Crippen LogP contribution in [0.4, 0.5) is 9.59 Å². The smallest absolute Gasteiger partial charge is 0.409 e. The Morgan fingerprint density at radius 2 is 1.38 bits per heavy atom. The number of benzene rings is 4. The Morgan fingerprint density at radius 1 is 0.787 bits per heavy atom. The van der Waals surface area contributed by atoms with E-state index in [9.17, 15) is 19.2 Å². The number of nitrogens with zero attached hydrogens (tertiary/aromatic N) is 5. The van der Waals surface area contributed by atoms with Gasteiger partial charge in [-0.3, -0.25) is 14.5 Å². The summed E-state index contributed by atoms with van der Waals surface area (Å²) in [5.41, 5.74) is 5.64. The molecule has 3 N–H and O–H groups in total. The van der Waals surface area contributed by atoms with Crippen molar-refractivity contribution in [2.24, 2.45) is 11.8 Å². The highest BCUT2D eigenvalue weighted by atomic mass is 32.2. The van der Waals surface area contributed by atoms with Gasteiger partial charge in [-0.05, 0) is 83.5 Å². The van der Waals surface area contributed by atoms with Crippen LogP contribution in [0.3, 0.4) is 0 Å². The van der Waals surface area contributed by atoms with E-state index in [0.717, 1.165) is 85.6 Å². The Labute approximate surface area is 359 Å². The maximum Gasteiger partial charge on any atom is 0.409 e. The van der Waals surface area contributed by atoms with Gasteiger partial charge in [0.05, 0.1) is 48.4 Å². The van der Waals surface area contributed by atoms with E-state index in [1.165, 1.54) is 19.1 Å². The quantitative estimate of drug-likeness (QED) is 0.123. The number of hydrogen-bond acceptors (Lipinski definition) is 9. The number of alkyl carbamates (subject to hydrolysis) is 1. The molecule has 5 atom stereocenters. The van der Waals surface area contributed by atoms with Crippen molar-refractivity contribution in [3.05, 3.63) is 72.3 Å². The summed E-state index contributed by atoms with van der Waals surface area (Å²) in [5, 5.41) is 7.10. The minimum atomic E-state index is -0.719. The standard InChI is InChI=1S/C46H54N8O6S/c1-24(2)37(51-45(57)59-6)43(55)54-23-30(61-8)22-36(54)42-48-34-18-14-29-21-27(12-16-32(29)39(34)50-42)26-11-15-31-28(20-26)13-17-33-38(31)49-41(47-33)35-10-9-19-53(35)44(56)40(25(3)4)52(5)46(58)60-7/h11-18,20-21,24-25,30,35-37,40H,9-10,19,22-23H2,1-8H3,(H,47,49)(H,48,50)(H,51,57)/t30-,35-,36?,37-,40-/m0/s1. The largest absolute Gasteiger partial charge is 0.453 e. The summed E-state index contributed by atoms with van der Waals surface area (Å²) in [7, 11) is 4.24. The molecule has 1 unspecified atom stereocenters. The summed E-state index contributed by atoms with van der Waals surface area (Å²) < 4.78 is 9.77. The van der Waals surface area contributed by atoms with Crippen molar-refractivity contribution < 1.29 is 28.7 Å². The fourth-order valence-corrected chi connectivity index (χ4v) is 9.99. The molecule has 0 spiro atoms. The first-order valence-corrected chi connectivity index (χ1v) is 22.2. The van der Waals surface area contributed by atoms with E-state index in [1.54, 1.807) is 18.8 Å². The molecule has 2 aliphatic rings. The molecular formula is C46H54N8O6S. The van der Waals surface area contributed by atoms with Gasteiger partial charge in [0.25, 0.3) is 0 Å². The fraction of sp³-hybridized carbons (Fsp3) is 0.435. The number of fused-ring (bicyclic) bond motifs is 6. The number of carbonyl (C=O) groups is 4. The Hall–Kier alpha value is -5.83. The molecule has 8 rings (SSSR count). The van der Waals surface area contributed by atoms with E-state index in [0.29, 0.717) is 13.1 Å². The van der Waals surface area contributed by atoms with Gasteiger partial charge in [0.2, 0.25) is 11.8 Å². The van der Waals surface area contributed by atoms with Crippen molar-refractivity contribution in [1.82, 2.24) is 40.0 Å². The van der Waals surface area contributed by atoms with E-state index in [4.69, 9.17) is 19.4 Å². The third kappa shape index (κ3) is 7.72. The molecule has 0 saturated carbocycles. The lowest BCUT2D eigenvalue weighted by molar-refractivity contribution is -0.138. The molecular weight excluding hydrogens is 793 g/mol. The van der Waals surface area contributed by atoms with Crippen molar-refractivity contribution >= 4 is 79.4 Å². The van der Waals surface area contributed by atoms with Crippen LogP contribution < -0.4 is 5.32 Å². The molecule has 4 aromatic carbocycles. The van der Waals surface area contributed by atoms with Crippen LogP contribution in [0.25, 0.3) is 54.7 Å². The minimum absolute atomic E-state index is 0.101. The first kappa shape index (κ1) is 41.9. The number of nitrogens with one attached hydrogen (secondary N) is 3. The molecule has 2 aromatic heterocycles. The number of amides is 4. The van der Waals surface area contributed by atoms with Crippen LogP contribution in [-0.2, 0) is 19.1 Å². The number of methoxy groups -OCH3 is 2. The predicted octanol–water partition coefficient (Wildman–Crippen LogP) is 8.18. The van der Waals surface area contributed by atoms with Crippen molar-refractivity contribution in [3.63, 3.8) is 0 Å². The van der Waals surface area contributed by atoms with Crippen LogP contribution in [0, 0.1) is 11.8 Å². The van der Waals surface area contributed by atoms with Crippen LogP contribution in [-0.4, -0.2) is 117 Å². The van der Waals surface area contributed by atoms with Gasteiger partial charge in [0.15, 0.2) is 0 Å². The molecule has 2 aliphatic heterocycles. The predicted molar refractivity (Wildman–Crippen MR) is 239 cm³/mol. The lowest BCUT2D eigenvalue weighted by Crippen LogP contribution is -2.51. The van der Waals surface area contributed by atoms with E-state index >= 15 is 0 Å². The summed E-state index contributed by atoms with van der Waals surface area (Å²) in [6.45, 7) is 8.87. The van der Waals surface area contributed by atoms with Crippen molar-refractivity contribution in [2.45, 2.75) is 76.4 Å². The number of carbonyl (C=O) groups excluding carboxylic acids is 4. The van der Waals surface area contributed by atoms with Crippen LogP contribution in [0.2, 0.25) is 0 Å². The van der Waals surface area contributed by atoms with Gasteiger partial charge in [0.1, 0.15) is 23.7 Å². The van der Waals surface area contributed by atoms with Gasteiger partial charge in [-0.2, -0.15) is 11.8 Å². The molecule has 61 heavy (non-hydrogen) atoms. The first-order valence-electron chi connectivity index (χ1n) is 21.0. The number of likely N-dealkylation sites (tertiary alicyclic amines) is 2. The monoisotopic (exact) mass is 846 g/mol. The molecule has 320 valence electrons. The maximum atomic E-state index is 14.0. The number of rotatable bonds is 10. The zero-order valence-electron chi connectivity index (χ0n) is 35.9. The van der Waals surface area contributed by atoms with E-state index < -0.39 is 24.3 Å².